The molecule has 1 aliphatic heterocycles. The minimum absolute atomic E-state index is 0.130. The van der Waals surface area contributed by atoms with E-state index in [9.17, 15) is 18.4 Å². The second kappa shape index (κ2) is 6.17. The zero-order chi connectivity index (χ0) is 15.6. The van der Waals surface area contributed by atoms with Gasteiger partial charge in [0.15, 0.2) is 6.10 Å². The Kier molecular flexibility index (Phi) is 4.52. The van der Waals surface area contributed by atoms with Crippen molar-refractivity contribution in [3.63, 3.8) is 0 Å². The molecule has 0 aliphatic carbocycles. The Morgan fingerprint density at radius 1 is 1.33 bits per heavy atom. The van der Waals surface area contributed by atoms with Crippen molar-refractivity contribution in [2.45, 2.75) is 25.6 Å². The highest BCUT2D eigenvalue weighted by Crippen LogP contribution is 2.17. The first-order chi connectivity index (χ1) is 9.88. The molecular weight excluding hydrogens is 284 g/mol. The summed E-state index contributed by atoms with van der Waals surface area (Å²) in [5.74, 6) is -3.28. The van der Waals surface area contributed by atoms with Gasteiger partial charge in [-0.15, -0.1) is 0 Å². The molecule has 7 heteroatoms. The van der Waals surface area contributed by atoms with Crippen LogP contribution in [0.25, 0.3) is 0 Å². The van der Waals surface area contributed by atoms with Crippen molar-refractivity contribution >= 4 is 11.9 Å². The molecule has 2 rings (SSSR count). The molecule has 1 unspecified atom stereocenters. The van der Waals surface area contributed by atoms with E-state index in [1.165, 1.54) is 11.0 Å². The molecular formula is C14H15F2NO4. The van der Waals surface area contributed by atoms with Crippen LogP contribution in [0.5, 0.6) is 0 Å². The number of aliphatic carboxylic acids is 1. The fraction of sp³-hybridized carbons (Fsp3) is 0.429. The fourth-order valence-corrected chi connectivity index (χ4v) is 2.26. The van der Waals surface area contributed by atoms with Gasteiger partial charge in [0.1, 0.15) is 11.6 Å². The number of nitrogens with zero attached hydrogens (tertiary/aromatic N) is 1. The predicted octanol–water partition coefficient (Wildman–Crippen LogP) is 1.21. The lowest BCUT2D eigenvalue weighted by Crippen LogP contribution is -2.52. The van der Waals surface area contributed by atoms with Gasteiger partial charge in [0.2, 0.25) is 5.91 Å². The van der Waals surface area contributed by atoms with E-state index in [-0.39, 0.29) is 18.7 Å². The summed E-state index contributed by atoms with van der Waals surface area (Å²) in [6.45, 7) is 1.70. The van der Waals surface area contributed by atoms with Crippen molar-refractivity contribution in [2.75, 3.05) is 13.1 Å². The van der Waals surface area contributed by atoms with Crippen LogP contribution < -0.4 is 0 Å². The summed E-state index contributed by atoms with van der Waals surface area (Å²) in [7, 11) is 0. The van der Waals surface area contributed by atoms with Gasteiger partial charge in [-0.1, -0.05) is 6.07 Å². The van der Waals surface area contributed by atoms with E-state index in [1.807, 2.05) is 0 Å². The molecule has 5 nitrogen and oxygen atoms in total. The summed E-state index contributed by atoms with van der Waals surface area (Å²) >= 11 is 0. The van der Waals surface area contributed by atoms with Gasteiger partial charge < -0.3 is 14.7 Å². The first-order valence-corrected chi connectivity index (χ1v) is 6.47. The van der Waals surface area contributed by atoms with Gasteiger partial charge in [0.25, 0.3) is 0 Å². The summed E-state index contributed by atoms with van der Waals surface area (Å²) in [6.07, 6.45) is -2.02. The third kappa shape index (κ3) is 3.55. The zero-order valence-corrected chi connectivity index (χ0v) is 11.4. The quantitative estimate of drug-likeness (QED) is 0.911. The third-order valence-electron chi connectivity index (χ3n) is 3.28. The number of carboxylic acid groups (broad SMARTS) is 1. The topological polar surface area (TPSA) is 66.8 Å². The van der Waals surface area contributed by atoms with Crippen molar-refractivity contribution in [3.05, 3.63) is 35.4 Å². The molecule has 1 fully saturated rings. The number of hydrogen-bond donors (Lipinski definition) is 1. The molecule has 1 aromatic carbocycles. The van der Waals surface area contributed by atoms with Crippen molar-refractivity contribution < 1.29 is 28.2 Å². The maximum absolute atomic E-state index is 13.5. The van der Waals surface area contributed by atoms with Crippen molar-refractivity contribution in [2.24, 2.45) is 0 Å². The van der Waals surface area contributed by atoms with Crippen LogP contribution in [0.1, 0.15) is 12.5 Å². The molecule has 0 aromatic heterocycles. The monoisotopic (exact) mass is 299 g/mol. The highest BCUT2D eigenvalue weighted by atomic mass is 19.1. The van der Waals surface area contributed by atoms with Crippen LogP contribution in [0.15, 0.2) is 18.2 Å². The molecule has 0 radical (unpaired) electrons. The molecule has 114 valence electrons. The number of benzene rings is 1. The molecule has 1 aliphatic rings. The highest BCUT2D eigenvalue weighted by Gasteiger charge is 2.33. The number of rotatable bonds is 3. The number of ether oxygens (including phenoxy) is 1. The molecule has 1 N–H and O–H groups in total. The minimum Gasteiger partial charge on any atom is -0.479 e. The van der Waals surface area contributed by atoms with Crippen molar-refractivity contribution in [1.82, 2.24) is 4.90 Å². The molecule has 1 aromatic rings. The SMILES string of the molecule is C[C@@H]1CN(C(=O)Cc2c(F)cccc2F)CC(C(=O)O)O1. The van der Waals surface area contributed by atoms with E-state index in [0.29, 0.717) is 0 Å². The van der Waals surface area contributed by atoms with Crippen LogP contribution in [0, 0.1) is 11.6 Å². The lowest BCUT2D eigenvalue weighted by Gasteiger charge is -2.35. The van der Waals surface area contributed by atoms with Crippen molar-refractivity contribution in [3.8, 4) is 0 Å². The van der Waals surface area contributed by atoms with Gasteiger partial charge in [-0.25, -0.2) is 13.6 Å². The fourth-order valence-electron chi connectivity index (χ4n) is 2.26. The van der Waals surface area contributed by atoms with Crippen LogP contribution in [0.4, 0.5) is 8.78 Å². The summed E-state index contributed by atoms with van der Waals surface area (Å²) < 4.78 is 32.2. The summed E-state index contributed by atoms with van der Waals surface area (Å²) in [6, 6.07) is 3.37. The Labute approximate surface area is 120 Å². The molecule has 1 saturated heterocycles. The number of amides is 1. The first-order valence-electron chi connectivity index (χ1n) is 6.47. The van der Waals surface area contributed by atoms with E-state index < -0.39 is 42.1 Å². The van der Waals surface area contributed by atoms with E-state index >= 15 is 0 Å². The molecule has 0 bridgehead atoms. The van der Waals surface area contributed by atoms with Crippen LogP contribution >= 0.6 is 0 Å². The smallest absolute Gasteiger partial charge is 0.334 e. The average Bonchev–Trinajstić information content (AvgIpc) is 2.42. The molecule has 1 heterocycles. The van der Waals surface area contributed by atoms with Crippen LogP contribution in [0.3, 0.4) is 0 Å². The number of carboxylic acids is 1. The standard InChI is InChI=1S/C14H15F2NO4/c1-8-6-17(7-12(21-8)14(19)20)13(18)5-9-10(15)3-2-4-11(9)16/h2-4,8,12H,5-7H2,1H3,(H,19,20)/t8-,12?/m1/s1. The molecule has 0 saturated carbocycles. The zero-order valence-electron chi connectivity index (χ0n) is 11.4. The van der Waals surface area contributed by atoms with Crippen LogP contribution in [0.2, 0.25) is 0 Å². The number of morpholine rings is 1. The number of halogens is 2. The van der Waals surface area contributed by atoms with Gasteiger partial charge in [-0.3, -0.25) is 4.79 Å². The maximum Gasteiger partial charge on any atom is 0.334 e. The van der Waals surface area contributed by atoms with Gasteiger partial charge >= 0.3 is 5.97 Å². The summed E-state index contributed by atoms with van der Waals surface area (Å²) in [4.78, 5) is 24.3. The number of hydrogen-bond acceptors (Lipinski definition) is 3. The first kappa shape index (κ1) is 15.4. The van der Waals surface area contributed by atoms with Gasteiger partial charge in [0, 0.05) is 12.1 Å². The maximum atomic E-state index is 13.5. The van der Waals surface area contributed by atoms with Gasteiger partial charge in [-0.05, 0) is 19.1 Å². The molecule has 0 spiro atoms. The lowest BCUT2D eigenvalue weighted by atomic mass is 10.1. The lowest BCUT2D eigenvalue weighted by molar-refractivity contribution is -0.166. The van der Waals surface area contributed by atoms with Gasteiger partial charge in [0.05, 0.1) is 19.1 Å². The second-order valence-electron chi connectivity index (χ2n) is 4.95. The predicted molar refractivity (Wildman–Crippen MR) is 68.6 cm³/mol. The Hall–Kier alpha value is -2.02. The second-order valence-corrected chi connectivity index (χ2v) is 4.95. The van der Waals surface area contributed by atoms with E-state index in [4.69, 9.17) is 9.84 Å². The Morgan fingerprint density at radius 3 is 2.52 bits per heavy atom. The molecule has 1 amide bonds. The minimum atomic E-state index is -1.17. The van der Waals surface area contributed by atoms with E-state index in [2.05, 4.69) is 0 Å². The van der Waals surface area contributed by atoms with E-state index in [0.717, 1.165) is 12.1 Å². The molecule has 2 atom stereocenters. The third-order valence-corrected chi connectivity index (χ3v) is 3.28. The van der Waals surface area contributed by atoms with Gasteiger partial charge in [-0.2, -0.15) is 0 Å². The van der Waals surface area contributed by atoms with Crippen molar-refractivity contribution in [1.29, 1.82) is 0 Å². The number of carbonyl (C=O) groups excluding carboxylic acids is 1. The summed E-state index contributed by atoms with van der Waals surface area (Å²) in [5.41, 5.74) is -0.312. The summed E-state index contributed by atoms with van der Waals surface area (Å²) in [5, 5.41) is 8.95. The highest BCUT2D eigenvalue weighted by molar-refractivity contribution is 5.80. The Morgan fingerprint density at radius 2 is 1.95 bits per heavy atom. The Bertz CT molecular complexity index is 544. The largest absolute Gasteiger partial charge is 0.479 e. The molecule has 21 heavy (non-hydrogen) atoms. The number of carbonyl (C=O) groups is 2. The van der Waals surface area contributed by atoms with E-state index in [1.54, 1.807) is 6.92 Å². The van der Waals surface area contributed by atoms with Crippen LogP contribution in [-0.2, 0) is 20.7 Å². The average molecular weight is 299 g/mol. The normalized spacial score (nSPS) is 22.1. The Balaban J connectivity index is 2.11. The van der Waals surface area contributed by atoms with Crippen LogP contribution in [-0.4, -0.2) is 47.2 Å².